The fourth-order valence-corrected chi connectivity index (χ4v) is 4.63. The maximum absolute atomic E-state index is 13.2. The van der Waals surface area contributed by atoms with E-state index in [2.05, 4.69) is 27.8 Å². The number of benzene rings is 3. The third-order valence-electron chi connectivity index (χ3n) is 5.94. The number of carbonyl (C=O) groups excluding carboxylic acids is 2. The molecule has 0 saturated carbocycles. The minimum absolute atomic E-state index is 0.299. The van der Waals surface area contributed by atoms with Crippen molar-refractivity contribution in [2.75, 3.05) is 5.32 Å². The molecule has 0 aliphatic heterocycles. The van der Waals surface area contributed by atoms with Crippen LogP contribution in [0.4, 0.5) is 9.52 Å². The Hall–Kier alpha value is -3.91. The van der Waals surface area contributed by atoms with Crippen LogP contribution >= 0.6 is 11.3 Å². The highest BCUT2D eigenvalue weighted by Crippen LogP contribution is 2.26. The number of hydrogen-bond donors (Lipinski definition) is 2. The molecule has 1 atom stereocenters. The number of amides is 2. The van der Waals surface area contributed by atoms with Crippen LogP contribution in [0, 0.1) is 5.82 Å². The smallest absolute Gasteiger partial charge is 0.251 e. The number of aryl methyl sites for hydroxylation is 1. The van der Waals surface area contributed by atoms with E-state index in [4.69, 9.17) is 0 Å². The van der Waals surface area contributed by atoms with Crippen LogP contribution in [-0.4, -0.2) is 28.1 Å². The quantitative estimate of drug-likeness (QED) is 0.238. The third kappa shape index (κ3) is 7.54. The lowest BCUT2D eigenvalue weighted by atomic mass is 10.0. The van der Waals surface area contributed by atoms with Gasteiger partial charge in [-0.2, -0.15) is 0 Å². The lowest BCUT2D eigenvalue weighted by molar-refractivity contribution is -0.118. The van der Waals surface area contributed by atoms with E-state index in [1.54, 1.807) is 24.3 Å². The van der Waals surface area contributed by atoms with E-state index in [0.717, 1.165) is 24.8 Å². The van der Waals surface area contributed by atoms with Crippen LogP contribution in [0.1, 0.15) is 47.7 Å². The molecular weight excluding hydrogens is 487 g/mol. The molecule has 0 bridgehead atoms. The lowest BCUT2D eigenvalue weighted by Crippen LogP contribution is -2.45. The maximum atomic E-state index is 13.2. The molecule has 0 spiro atoms. The molecule has 190 valence electrons. The van der Waals surface area contributed by atoms with Crippen LogP contribution in [0.2, 0.25) is 0 Å². The van der Waals surface area contributed by atoms with Gasteiger partial charge in [0.2, 0.25) is 11.0 Å². The molecular formula is C29H29FN4O2S. The highest BCUT2D eigenvalue weighted by Gasteiger charge is 2.23. The minimum atomic E-state index is -0.822. The van der Waals surface area contributed by atoms with Gasteiger partial charge in [0.25, 0.3) is 5.91 Å². The van der Waals surface area contributed by atoms with Gasteiger partial charge in [0.1, 0.15) is 16.9 Å². The molecule has 0 aliphatic carbocycles. The number of hydrogen-bond acceptors (Lipinski definition) is 5. The fraction of sp³-hybridized carbons (Fsp3) is 0.241. The van der Waals surface area contributed by atoms with E-state index in [-0.39, 0.29) is 11.7 Å². The molecule has 4 rings (SSSR count). The second kappa shape index (κ2) is 12.9. The van der Waals surface area contributed by atoms with Gasteiger partial charge in [-0.15, -0.1) is 10.2 Å². The zero-order chi connectivity index (χ0) is 26.0. The van der Waals surface area contributed by atoms with Gasteiger partial charge in [-0.1, -0.05) is 73.6 Å². The molecule has 1 aromatic heterocycles. The Kier molecular flexibility index (Phi) is 9.10. The van der Waals surface area contributed by atoms with Crippen molar-refractivity contribution in [1.82, 2.24) is 15.5 Å². The number of rotatable bonds is 11. The zero-order valence-corrected chi connectivity index (χ0v) is 21.4. The second-order valence-corrected chi connectivity index (χ2v) is 9.76. The van der Waals surface area contributed by atoms with Crippen LogP contribution in [0.25, 0.3) is 10.6 Å². The van der Waals surface area contributed by atoms with Crippen molar-refractivity contribution in [3.8, 4) is 10.6 Å². The van der Waals surface area contributed by atoms with Gasteiger partial charge in [-0.25, -0.2) is 4.39 Å². The van der Waals surface area contributed by atoms with Crippen molar-refractivity contribution in [2.45, 2.75) is 45.1 Å². The number of nitrogens with zero attached hydrogens (tertiary/aromatic N) is 2. The summed E-state index contributed by atoms with van der Waals surface area (Å²) in [7, 11) is 0. The number of anilines is 1. The summed E-state index contributed by atoms with van der Waals surface area (Å²) >= 11 is 1.18. The zero-order valence-electron chi connectivity index (χ0n) is 20.6. The summed E-state index contributed by atoms with van der Waals surface area (Å²) in [6.07, 6.45) is 4.76. The van der Waals surface area contributed by atoms with Crippen LogP contribution < -0.4 is 10.6 Å². The predicted octanol–water partition coefficient (Wildman–Crippen LogP) is 6.06. The fourth-order valence-electron chi connectivity index (χ4n) is 3.88. The van der Waals surface area contributed by atoms with E-state index >= 15 is 0 Å². The van der Waals surface area contributed by atoms with Crippen molar-refractivity contribution in [3.05, 3.63) is 101 Å². The first-order valence-corrected chi connectivity index (χ1v) is 13.2. The number of carbonyl (C=O) groups is 2. The monoisotopic (exact) mass is 516 g/mol. The molecule has 8 heteroatoms. The van der Waals surface area contributed by atoms with Crippen molar-refractivity contribution in [3.63, 3.8) is 0 Å². The molecule has 37 heavy (non-hydrogen) atoms. The summed E-state index contributed by atoms with van der Waals surface area (Å²) in [4.78, 5) is 26.3. The summed E-state index contributed by atoms with van der Waals surface area (Å²) in [5, 5.41) is 14.7. The first kappa shape index (κ1) is 26.2. The number of aromatic nitrogens is 2. The van der Waals surface area contributed by atoms with Gasteiger partial charge < -0.3 is 5.32 Å². The predicted molar refractivity (Wildman–Crippen MR) is 145 cm³/mol. The van der Waals surface area contributed by atoms with Crippen molar-refractivity contribution in [1.29, 1.82) is 0 Å². The summed E-state index contributed by atoms with van der Waals surface area (Å²) in [5.74, 6) is -1.05. The molecule has 6 nitrogen and oxygen atoms in total. The summed E-state index contributed by atoms with van der Waals surface area (Å²) in [6.45, 7) is 2.17. The first-order chi connectivity index (χ1) is 18.0. The van der Waals surface area contributed by atoms with E-state index in [1.165, 1.54) is 35.5 Å². The first-order valence-electron chi connectivity index (χ1n) is 12.4. The maximum Gasteiger partial charge on any atom is 0.251 e. The van der Waals surface area contributed by atoms with Crippen LogP contribution in [0.3, 0.4) is 0 Å². The number of unbranched alkanes of at least 4 members (excludes halogenated alkanes) is 2. The highest BCUT2D eigenvalue weighted by molar-refractivity contribution is 7.18. The summed E-state index contributed by atoms with van der Waals surface area (Å²) < 4.78 is 13.2. The number of nitrogens with one attached hydrogen (secondary N) is 2. The van der Waals surface area contributed by atoms with Crippen LogP contribution in [0.5, 0.6) is 0 Å². The molecule has 0 fully saturated rings. The van der Waals surface area contributed by atoms with Gasteiger partial charge in [-0.05, 0) is 60.4 Å². The summed E-state index contributed by atoms with van der Waals surface area (Å²) in [5.41, 5.74) is 3.31. The molecule has 1 unspecified atom stereocenters. The number of halogens is 1. The van der Waals surface area contributed by atoms with Gasteiger partial charge in [0.15, 0.2) is 0 Å². The Bertz CT molecular complexity index is 1310. The average molecular weight is 517 g/mol. The van der Waals surface area contributed by atoms with Gasteiger partial charge >= 0.3 is 0 Å². The molecule has 4 aromatic rings. The molecule has 0 aliphatic rings. The van der Waals surface area contributed by atoms with Crippen molar-refractivity contribution >= 4 is 28.3 Å². The van der Waals surface area contributed by atoms with E-state index in [9.17, 15) is 14.0 Å². The minimum Gasteiger partial charge on any atom is -0.340 e. The molecule has 2 amide bonds. The Morgan fingerprint density at radius 3 is 2.32 bits per heavy atom. The molecule has 3 aromatic carbocycles. The molecule has 2 N–H and O–H groups in total. The Balaban J connectivity index is 1.45. The third-order valence-corrected chi connectivity index (χ3v) is 6.82. The van der Waals surface area contributed by atoms with Crippen LogP contribution in [0.15, 0.2) is 78.9 Å². The van der Waals surface area contributed by atoms with Gasteiger partial charge in [-0.3, -0.25) is 14.9 Å². The van der Waals surface area contributed by atoms with Gasteiger partial charge in [0.05, 0.1) is 0 Å². The summed E-state index contributed by atoms with van der Waals surface area (Å²) in [6, 6.07) is 22.1. The normalized spacial score (nSPS) is 11.6. The Morgan fingerprint density at radius 2 is 1.62 bits per heavy atom. The largest absolute Gasteiger partial charge is 0.340 e. The van der Waals surface area contributed by atoms with Gasteiger partial charge in [0, 0.05) is 17.5 Å². The highest BCUT2D eigenvalue weighted by atomic mass is 32.1. The van der Waals surface area contributed by atoms with E-state index in [1.807, 2.05) is 42.5 Å². The van der Waals surface area contributed by atoms with E-state index in [0.29, 0.717) is 27.7 Å². The molecule has 1 heterocycles. The topological polar surface area (TPSA) is 84.0 Å². The average Bonchev–Trinajstić information content (AvgIpc) is 3.38. The Labute approximate surface area is 220 Å². The van der Waals surface area contributed by atoms with Crippen molar-refractivity contribution < 1.29 is 14.0 Å². The lowest BCUT2D eigenvalue weighted by Gasteiger charge is -2.18. The second-order valence-electron chi connectivity index (χ2n) is 8.78. The molecule has 0 saturated heterocycles. The Morgan fingerprint density at radius 1 is 0.892 bits per heavy atom. The van der Waals surface area contributed by atoms with E-state index < -0.39 is 11.9 Å². The van der Waals surface area contributed by atoms with Crippen molar-refractivity contribution in [2.24, 2.45) is 0 Å². The SMILES string of the molecule is CCCCCc1ccc(C(=O)NC(Cc2ccccc2)C(=O)Nc2nnc(-c3ccc(F)cc3)s2)cc1. The molecule has 0 radical (unpaired) electrons. The standard InChI is InChI=1S/C29H29FN4O2S/c1-2-3-5-8-20-11-13-22(14-12-20)26(35)31-25(19-21-9-6-4-7-10-21)27(36)32-29-34-33-28(37-29)23-15-17-24(30)18-16-23/h4,6-7,9-18,25H,2-3,5,8,19H2,1H3,(H,31,35)(H,32,34,36). The van der Waals surface area contributed by atoms with Crippen LogP contribution in [-0.2, 0) is 17.6 Å².